The van der Waals surface area contributed by atoms with E-state index in [1.54, 1.807) is 31.1 Å². The van der Waals surface area contributed by atoms with Crippen molar-refractivity contribution in [1.29, 1.82) is 0 Å². The van der Waals surface area contributed by atoms with Crippen molar-refractivity contribution in [3.05, 3.63) is 34.6 Å². The van der Waals surface area contributed by atoms with Crippen molar-refractivity contribution < 1.29 is 9.18 Å². The van der Waals surface area contributed by atoms with Crippen molar-refractivity contribution in [2.24, 2.45) is 0 Å². The van der Waals surface area contributed by atoms with Gasteiger partial charge in [0.25, 0.3) is 0 Å². The second-order valence-corrected chi connectivity index (χ2v) is 5.95. The predicted molar refractivity (Wildman–Crippen MR) is 81.9 cm³/mol. The summed E-state index contributed by atoms with van der Waals surface area (Å²) in [5, 5.41) is 3.37. The Balaban J connectivity index is 2.23. The molecule has 21 heavy (non-hydrogen) atoms. The molecule has 1 amide bonds. The molecule has 0 radical (unpaired) electrons. The lowest BCUT2D eigenvalue weighted by molar-refractivity contribution is -0.136. The number of benzene rings is 1. The summed E-state index contributed by atoms with van der Waals surface area (Å²) < 4.78 is 13.3. The summed E-state index contributed by atoms with van der Waals surface area (Å²) in [6.45, 7) is 4.23. The second kappa shape index (κ2) is 6.73. The molecule has 1 aromatic rings. The van der Waals surface area contributed by atoms with Gasteiger partial charge in [-0.15, -0.1) is 0 Å². The van der Waals surface area contributed by atoms with Crippen molar-refractivity contribution in [1.82, 2.24) is 15.1 Å². The molecule has 1 aliphatic heterocycles. The van der Waals surface area contributed by atoms with E-state index in [2.05, 4.69) is 10.2 Å². The number of nitrogens with zero attached hydrogens (tertiary/aromatic N) is 2. The van der Waals surface area contributed by atoms with Gasteiger partial charge in [0, 0.05) is 39.8 Å². The largest absolute Gasteiger partial charge is 0.347 e. The zero-order valence-electron chi connectivity index (χ0n) is 12.6. The highest BCUT2D eigenvalue weighted by molar-refractivity contribution is 6.30. The van der Waals surface area contributed by atoms with Crippen molar-refractivity contribution in [2.75, 3.05) is 33.7 Å². The van der Waals surface area contributed by atoms with Gasteiger partial charge >= 0.3 is 0 Å². The van der Waals surface area contributed by atoms with Gasteiger partial charge in [0.2, 0.25) is 5.91 Å². The van der Waals surface area contributed by atoms with E-state index < -0.39 is 5.82 Å². The minimum absolute atomic E-state index is 0.000833. The number of rotatable bonds is 3. The van der Waals surface area contributed by atoms with Gasteiger partial charge in [-0.1, -0.05) is 17.7 Å². The molecule has 0 spiro atoms. The summed E-state index contributed by atoms with van der Waals surface area (Å²) in [6.07, 6.45) is 0. The van der Waals surface area contributed by atoms with Crippen LogP contribution in [0.1, 0.15) is 18.5 Å². The second-order valence-electron chi connectivity index (χ2n) is 5.54. The minimum atomic E-state index is -0.422. The summed E-state index contributed by atoms with van der Waals surface area (Å²) >= 11 is 5.87. The lowest BCUT2D eigenvalue weighted by atomic mass is 10.0. The molecule has 0 aliphatic carbocycles. The van der Waals surface area contributed by atoms with Crippen LogP contribution in [0.4, 0.5) is 4.39 Å². The maximum absolute atomic E-state index is 13.3. The monoisotopic (exact) mass is 313 g/mol. The smallest absolute Gasteiger partial charge is 0.240 e. The molecule has 1 aliphatic rings. The van der Waals surface area contributed by atoms with Gasteiger partial charge in [0.1, 0.15) is 11.9 Å². The summed E-state index contributed by atoms with van der Waals surface area (Å²) in [6, 6.07) is 4.53. The molecule has 0 bridgehead atoms. The number of amides is 1. The molecule has 2 unspecified atom stereocenters. The Bertz CT molecular complexity index is 524. The van der Waals surface area contributed by atoms with E-state index in [1.807, 2.05) is 6.92 Å². The fourth-order valence-electron chi connectivity index (χ4n) is 2.67. The molecule has 0 saturated carbocycles. The SMILES string of the molecule is CC(c1ccc(F)c(Cl)c1)N1CCNCC1C(=O)N(C)C. The molecule has 1 saturated heterocycles. The van der Waals surface area contributed by atoms with E-state index >= 15 is 0 Å². The third-order valence-electron chi connectivity index (χ3n) is 3.93. The number of nitrogens with one attached hydrogen (secondary N) is 1. The average molecular weight is 314 g/mol. The molecule has 4 nitrogen and oxygen atoms in total. The van der Waals surface area contributed by atoms with Crippen molar-refractivity contribution in [3.63, 3.8) is 0 Å². The van der Waals surface area contributed by atoms with Crippen LogP contribution in [0, 0.1) is 5.82 Å². The van der Waals surface area contributed by atoms with Crippen LogP contribution in [0.15, 0.2) is 18.2 Å². The van der Waals surface area contributed by atoms with Gasteiger partial charge in [0.15, 0.2) is 0 Å². The van der Waals surface area contributed by atoms with Crippen LogP contribution < -0.4 is 5.32 Å². The van der Waals surface area contributed by atoms with Gasteiger partial charge in [-0.25, -0.2) is 4.39 Å². The van der Waals surface area contributed by atoms with E-state index in [1.165, 1.54) is 6.07 Å². The highest BCUT2D eigenvalue weighted by Crippen LogP contribution is 2.27. The molecule has 6 heteroatoms. The number of piperazine rings is 1. The maximum Gasteiger partial charge on any atom is 0.240 e. The number of hydrogen-bond donors (Lipinski definition) is 1. The highest BCUT2D eigenvalue weighted by atomic mass is 35.5. The molecule has 1 N–H and O–H groups in total. The van der Waals surface area contributed by atoms with Gasteiger partial charge in [0.05, 0.1) is 5.02 Å². The van der Waals surface area contributed by atoms with Gasteiger partial charge < -0.3 is 10.2 Å². The molecule has 0 aromatic heterocycles. The number of hydrogen-bond acceptors (Lipinski definition) is 3. The van der Waals surface area contributed by atoms with Gasteiger partial charge in [-0.3, -0.25) is 9.69 Å². The van der Waals surface area contributed by atoms with Crippen LogP contribution in [0.5, 0.6) is 0 Å². The molecule has 1 fully saturated rings. The first-order chi connectivity index (χ1) is 9.91. The Morgan fingerprint density at radius 1 is 1.52 bits per heavy atom. The number of likely N-dealkylation sites (N-methyl/N-ethyl adjacent to an activating group) is 1. The average Bonchev–Trinajstić information content (AvgIpc) is 2.48. The first kappa shape index (κ1) is 16.2. The van der Waals surface area contributed by atoms with Gasteiger partial charge in [-0.05, 0) is 24.6 Å². The summed E-state index contributed by atoms with van der Waals surface area (Å²) in [7, 11) is 3.52. The molecule has 2 atom stereocenters. The number of carbonyl (C=O) groups excluding carboxylic acids is 1. The fourth-order valence-corrected chi connectivity index (χ4v) is 2.86. The Kier molecular flexibility index (Phi) is 5.19. The van der Waals surface area contributed by atoms with Crippen LogP contribution in [0.3, 0.4) is 0 Å². The highest BCUT2D eigenvalue weighted by Gasteiger charge is 2.33. The molecule has 2 rings (SSSR count). The Morgan fingerprint density at radius 3 is 2.86 bits per heavy atom. The zero-order chi connectivity index (χ0) is 15.6. The van der Waals surface area contributed by atoms with E-state index in [0.29, 0.717) is 6.54 Å². The van der Waals surface area contributed by atoms with Crippen LogP contribution >= 0.6 is 11.6 Å². The maximum atomic E-state index is 13.3. The van der Waals surface area contributed by atoms with Crippen LogP contribution in [0.25, 0.3) is 0 Å². The molecular formula is C15H21ClFN3O. The molecule has 116 valence electrons. The zero-order valence-corrected chi connectivity index (χ0v) is 13.3. The van der Waals surface area contributed by atoms with E-state index in [0.717, 1.165) is 18.7 Å². The third kappa shape index (κ3) is 3.54. The Hall–Kier alpha value is -1.17. The Morgan fingerprint density at radius 2 is 2.24 bits per heavy atom. The van der Waals surface area contributed by atoms with Crippen LogP contribution in [-0.4, -0.2) is 55.5 Å². The van der Waals surface area contributed by atoms with E-state index in [-0.39, 0.29) is 23.0 Å². The van der Waals surface area contributed by atoms with Crippen LogP contribution in [-0.2, 0) is 4.79 Å². The van der Waals surface area contributed by atoms with Crippen molar-refractivity contribution in [2.45, 2.75) is 19.0 Å². The van der Waals surface area contributed by atoms with E-state index in [9.17, 15) is 9.18 Å². The van der Waals surface area contributed by atoms with Crippen molar-refractivity contribution >= 4 is 17.5 Å². The number of carbonyl (C=O) groups is 1. The molecule has 1 aromatic carbocycles. The number of halogens is 2. The quantitative estimate of drug-likeness (QED) is 0.926. The lowest BCUT2D eigenvalue weighted by Gasteiger charge is -2.40. The summed E-state index contributed by atoms with van der Waals surface area (Å²) in [5.41, 5.74) is 0.917. The minimum Gasteiger partial charge on any atom is -0.347 e. The first-order valence-electron chi connectivity index (χ1n) is 7.04. The predicted octanol–water partition coefficient (Wildman–Crippen LogP) is 1.90. The Labute approximate surface area is 129 Å². The van der Waals surface area contributed by atoms with Gasteiger partial charge in [-0.2, -0.15) is 0 Å². The first-order valence-corrected chi connectivity index (χ1v) is 7.42. The summed E-state index contributed by atoms with van der Waals surface area (Å²) in [5.74, 6) is -0.351. The normalized spacial score (nSPS) is 21.1. The topological polar surface area (TPSA) is 35.6 Å². The fraction of sp³-hybridized carbons (Fsp3) is 0.533. The third-order valence-corrected chi connectivity index (χ3v) is 4.22. The standard InChI is InChI=1S/C15H21ClFN3O/c1-10(11-4-5-13(17)12(16)8-11)20-7-6-18-9-14(20)15(21)19(2)3/h4-5,8,10,14,18H,6-7,9H2,1-3H3. The van der Waals surface area contributed by atoms with E-state index in [4.69, 9.17) is 11.6 Å². The lowest BCUT2D eigenvalue weighted by Crippen LogP contribution is -2.58. The van der Waals surface area contributed by atoms with Crippen molar-refractivity contribution in [3.8, 4) is 0 Å². The summed E-state index contributed by atoms with van der Waals surface area (Å²) in [4.78, 5) is 16.1. The van der Waals surface area contributed by atoms with Crippen LogP contribution in [0.2, 0.25) is 5.02 Å². The molecule has 1 heterocycles. The molecular weight excluding hydrogens is 293 g/mol.